The number of carbonyl (C=O) groups excluding carboxylic acids is 1. The standard InChI is InChI=1S/C20H16F3N5O/c1-13-17(19(29)27(2)12-15-5-3-14(9-24)4-6-15)11-26-28(13)18-8-7-16(10-25-18)20(21,22)23/h3-8,10-11H,12H2,1-2H3. The quantitative estimate of drug-likeness (QED) is 0.670. The Balaban J connectivity index is 1.78. The fraction of sp³-hybridized carbons (Fsp3) is 0.200. The molecule has 0 aliphatic carbocycles. The fourth-order valence-electron chi connectivity index (χ4n) is 2.77. The zero-order chi connectivity index (χ0) is 21.2. The van der Waals surface area contributed by atoms with Gasteiger partial charge in [0.2, 0.25) is 0 Å². The van der Waals surface area contributed by atoms with E-state index in [2.05, 4.69) is 10.1 Å². The molecule has 0 fully saturated rings. The summed E-state index contributed by atoms with van der Waals surface area (Å²) in [5, 5.41) is 12.9. The maximum atomic E-state index is 12.8. The van der Waals surface area contributed by atoms with Crippen LogP contribution in [0, 0.1) is 18.3 Å². The number of aromatic nitrogens is 3. The number of halogens is 3. The first-order valence-corrected chi connectivity index (χ1v) is 8.53. The Morgan fingerprint density at radius 3 is 2.41 bits per heavy atom. The van der Waals surface area contributed by atoms with E-state index in [4.69, 9.17) is 5.26 Å². The second-order valence-electron chi connectivity index (χ2n) is 6.43. The van der Waals surface area contributed by atoms with Gasteiger partial charge in [0.25, 0.3) is 5.91 Å². The molecule has 0 radical (unpaired) electrons. The van der Waals surface area contributed by atoms with Gasteiger partial charge < -0.3 is 4.90 Å². The minimum absolute atomic E-state index is 0.185. The molecule has 0 aliphatic rings. The number of amides is 1. The fourth-order valence-corrected chi connectivity index (χ4v) is 2.77. The number of benzene rings is 1. The van der Waals surface area contributed by atoms with Crippen LogP contribution in [-0.2, 0) is 12.7 Å². The van der Waals surface area contributed by atoms with Crippen molar-refractivity contribution in [2.24, 2.45) is 0 Å². The van der Waals surface area contributed by atoms with Gasteiger partial charge in [-0.3, -0.25) is 4.79 Å². The van der Waals surface area contributed by atoms with Crippen LogP contribution in [-0.4, -0.2) is 32.6 Å². The maximum Gasteiger partial charge on any atom is 0.417 e. The summed E-state index contributed by atoms with van der Waals surface area (Å²) >= 11 is 0. The summed E-state index contributed by atoms with van der Waals surface area (Å²) in [6.07, 6.45) is -2.37. The summed E-state index contributed by atoms with van der Waals surface area (Å²) in [7, 11) is 1.63. The van der Waals surface area contributed by atoms with Crippen molar-refractivity contribution in [3.8, 4) is 11.9 Å². The molecule has 9 heteroatoms. The van der Waals surface area contributed by atoms with Gasteiger partial charge in [-0.05, 0) is 36.8 Å². The molecule has 0 N–H and O–H groups in total. The minimum Gasteiger partial charge on any atom is -0.337 e. The average molecular weight is 399 g/mol. The smallest absolute Gasteiger partial charge is 0.337 e. The molecule has 3 rings (SSSR count). The molecule has 0 saturated carbocycles. The maximum absolute atomic E-state index is 12.8. The number of hydrogen-bond acceptors (Lipinski definition) is 4. The van der Waals surface area contributed by atoms with E-state index in [0.717, 1.165) is 17.8 Å². The van der Waals surface area contributed by atoms with Crippen molar-refractivity contribution < 1.29 is 18.0 Å². The molecule has 0 aliphatic heterocycles. The Morgan fingerprint density at radius 1 is 1.17 bits per heavy atom. The van der Waals surface area contributed by atoms with Crippen LogP contribution in [0.15, 0.2) is 48.8 Å². The summed E-state index contributed by atoms with van der Waals surface area (Å²) in [5.41, 5.74) is 1.32. The first-order valence-electron chi connectivity index (χ1n) is 8.53. The summed E-state index contributed by atoms with van der Waals surface area (Å²) in [6, 6.07) is 11.0. The van der Waals surface area contributed by atoms with Crippen molar-refractivity contribution in [3.63, 3.8) is 0 Å². The van der Waals surface area contributed by atoms with Crippen molar-refractivity contribution in [2.45, 2.75) is 19.6 Å². The van der Waals surface area contributed by atoms with E-state index in [0.29, 0.717) is 23.4 Å². The zero-order valence-corrected chi connectivity index (χ0v) is 15.6. The topological polar surface area (TPSA) is 74.8 Å². The van der Waals surface area contributed by atoms with Crippen molar-refractivity contribution >= 4 is 5.91 Å². The second-order valence-corrected chi connectivity index (χ2v) is 6.43. The highest BCUT2D eigenvalue weighted by Crippen LogP contribution is 2.29. The lowest BCUT2D eigenvalue weighted by molar-refractivity contribution is -0.137. The molecule has 0 atom stereocenters. The molecule has 0 spiro atoms. The van der Waals surface area contributed by atoms with Gasteiger partial charge in [-0.15, -0.1) is 0 Å². The van der Waals surface area contributed by atoms with E-state index in [9.17, 15) is 18.0 Å². The minimum atomic E-state index is -4.47. The van der Waals surface area contributed by atoms with E-state index in [1.165, 1.54) is 21.8 Å². The number of alkyl halides is 3. The van der Waals surface area contributed by atoms with Gasteiger partial charge in [0.05, 0.1) is 34.7 Å². The largest absolute Gasteiger partial charge is 0.417 e. The molecule has 148 valence electrons. The third-order valence-electron chi connectivity index (χ3n) is 4.38. The predicted octanol–water partition coefficient (Wildman–Crippen LogP) is 3.74. The average Bonchev–Trinajstić information content (AvgIpc) is 3.08. The molecule has 0 saturated heterocycles. The molecule has 3 aromatic rings. The third-order valence-corrected chi connectivity index (χ3v) is 4.38. The molecule has 0 bridgehead atoms. The molecule has 1 aromatic carbocycles. The molecule has 0 unspecified atom stereocenters. The van der Waals surface area contributed by atoms with Gasteiger partial charge in [-0.2, -0.15) is 23.5 Å². The van der Waals surface area contributed by atoms with Crippen LogP contribution in [0.25, 0.3) is 5.82 Å². The van der Waals surface area contributed by atoms with Gasteiger partial charge in [0.1, 0.15) is 0 Å². The monoisotopic (exact) mass is 399 g/mol. The lowest BCUT2D eigenvalue weighted by Gasteiger charge is -2.17. The van der Waals surface area contributed by atoms with E-state index < -0.39 is 11.7 Å². The number of carbonyl (C=O) groups is 1. The zero-order valence-electron chi connectivity index (χ0n) is 15.6. The number of nitrogens with zero attached hydrogens (tertiary/aromatic N) is 5. The van der Waals surface area contributed by atoms with E-state index in [-0.39, 0.29) is 11.7 Å². The number of hydrogen-bond donors (Lipinski definition) is 0. The van der Waals surface area contributed by atoms with Crippen molar-refractivity contribution in [2.75, 3.05) is 7.05 Å². The van der Waals surface area contributed by atoms with Crippen LogP contribution < -0.4 is 0 Å². The summed E-state index contributed by atoms with van der Waals surface area (Å²) < 4.78 is 39.4. The highest BCUT2D eigenvalue weighted by Gasteiger charge is 2.31. The second kappa shape index (κ2) is 7.75. The predicted molar refractivity (Wildman–Crippen MR) is 98.1 cm³/mol. The SMILES string of the molecule is Cc1c(C(=O)N(C)Cc2ccc(C#N)cc2)cnn1-c1ccc(C(F)(F)F)cn1. The normalized spacial score (nSPS) is 11.2. The summed E-state index contributed by atoms with van der Waals surface area (Å²) in [6.45, 7) is 1.98. The molecule has 2 heterocycles. The summed E-state index contributed by atoms with van der Waals surface area (Å²) in [4.78, 5) is 18.1. The van der Waals surface area contributed by atoms with Crippen molar-refractivity contribution in [1.29, 1.82) is 5.26 Å². The third kappa shape index (κ3) is 4.27. The molecule has 29 heavy (non-hydrogen) atoms. The summed E-state index contributed by atoms with van der Waals surface area (Å²) in [5.74, 6) is -0.102. The van der Waals surface area contributed by atoms with Gasteiger partial charge in [0.15, 0.2) is 5.82 Å². The van der Waals surface area contributed by atoms with Crippen LogP contribution in [0.3, 0.4) is 0 Å². The van der Waals surface area contributed by atoms with Gasteiger partial charge in [0, 0.05) is 19.8 Å². The highest BCUT2D eigenvalue weighted by molar-refractivity contribution is 5.95. The Morgan fingerprint density at radius 2 is 1.86 bits per heavy atom. The lowest BCUT2D eigenvalue weighted by atomic mass is 10.1. The van der Waals surface area contributed by atoms with Crippen molar-refractivity contribution in [1.82, 2.24) is 19.7 Å². The van der Waals surface area contributed by atoms with Crippen LogP contribution in [0.2, 0.25) is 0 Å². The Labute approximate surface area is 164 Å². The first kappa shape index (κ1) is 20.1. The highest BCUT2D eigenvalue weighted by atomic mass is 19.4. The van der Waals surface area contributed by atoms with E-state index in [1.54, 1.807) is 38.2 Å². The first-order chi connectivity index (χ1) is 13.7. The van der Waals surface area contributed by atoms with Gasteiger partial charge >= 0.3 is 6.18 Å². The molecular weight excluding hydrogens is 383 g/mol. The van der Waals surface area contributed by atoms with Crippen LogP contribution in [0.4, 0.5) is 13.2 Å². The number of rotatable bonds is 4. The number of pyridine rings is 1. The Kier molecular flexibility index (Phi) is 5.37. The Hall–Kier alpha value is -3.67. The Bertz CT molecular complexity index is 1060. The lowest BCUT2D eigenvalue weighted by Crippen LogP contribution is -2.26. The van der Waals surface area contributed by atoms with Gasteiger partial charge in [-0.1, -0.05) is 12.1 Å². The molecule has 6 nitrogen and oxygen atoms in total. The molecule has 2 aromatic heterocycles. The molecular formula is C20H16F3N5O. The van der Waals surface area contributed by atoms with Crippen LogP contribution in [0.5, 0.6) is 0 Å². The van der Waals surface area contributed by atoms with Crippen LogP contribution >= 0.6 is 0 Å². The molecule has 1 amide bonds. The van der Waals surface area contributed by atoms with E-state index >= 15 is 0 Å². The van der Waals surface area contributed by atoms with Crippen LogP contribution in [0.1, 0.15) is 32.7 Å². The number of nitriles is 1. The van der Waals surface area contributed by atoms with Crippen molar-refractivity contribution in [3.05, 3.63) is 76.7 Å². The van der Waals surface area contributed by atoms with Gasteiger partial charge in [-0.25, -0.2) is 9.67 Å². The van der Waals surface area contributed by atoms with E-state index in [1.807, 2.05) is 6.07 Å².